The number of piperidine rings is 1. The molecule has 0 bridgehead atoms. The number of hydrogen-bond donors (Lipinski definition) is 1. The van der Waals surface area contributed by atoms with Crippen LogP contribution in [0.3, 0.4) is 0 Å². The third kappa shape index (κ3) is 6.13. The molecule has 0 saturated carbocycles. The zero-order valence-corrected chi connectivity index (χ0v) is 22.4. The second kappa shape index (κ2) is 12.1. The third-order valence-corrected chi connectivity index (χ3v) is 7.39. The lowest BCUT2D eigenvalue weighted by Crippen LogP contribution is -2.52. The highest BCUT2D eigenvalue weighted by molar-refractivity contribution is 5.67. The smallest absolute Gasteiger partial charge is 0.227 e. The van der Waals surface area contributed by atoms with E-state index in [0.29, 0.717) is 11.7 Å². The first-order valence-corrected chi connectivity index (χ1v) is 13.1. The molecule has 7 nitrogen and oxygen atoms in total. The van der Waals surface area contributed by atoms with Gasteiger partial charge in [0.2, 0.25) is 5.95 Å². The van der Waals surface area contributed by atoms with Crippen molar-refractivity contribution >= 4 is 17.3 Å². The van der Waals surface area contributed by atoms with Gasteiger partial charge in [0.1, 0.15) is 11.3 Å². The van der Waals surface area contributed by atoms with Gasteiger partial charge in [0.15, 0.2) is 23.3 Å². The Hall–Kier alpha value is -3.88. The Labute approximate surface area is 230 Å². The van der Waals surface area contributed by atoms with Crippen LogP contribution in [0.25, 0.3) is 0 Å². The highest BCUT2D eigenvalue weighted by Crippen LogP contribution is 2.34. The van der Waals surface area contributed by atoms with E-state index < -0.39 is 28.8 Å². The first-order valence-electron chi connectivity index (χ1n) is 13.1. The summed E-state index contributed by atoms with van der Waals surface area (Å²) in [5.74, 6) is -0.596. The summed E-state index contributed by atoms with van der Waals surface area (Å²) in [6.45, 7) is 6.43. The molecule has 2 saturated heterocycles. The average molecular weight is 555 g/mol. The largest absolute Gasteiger partial charge is 0.495 e. The first-order chi connectivity index (χ1) is 19.3. The van der Waals surface area contributed by atoms with Gasteiger partial charge in [0.25, 0.3) is 0 Å². The number of nitrogens with zero attached hydrogens (tertiary/aromatic N) is 5. The van der Waals surface area contributed by atoms with E-state index in [1.807, 2.05) is 18.2 Å². The lowest BCUT2D eigenvalue weighted by atomic mass is 10.0. The van der Waals surface area contributed by atoms with Crippen molar-refractivity contribution in [1.82, 2.24) is 19.8 Å². The van der Waals surface area contributed by atoms with Crippen molar-refractivity contribution in [2.45, 2.75) is 18.9 Å². The number of piperazine rings is 1. The van der Waals surface area contributed by atoms with Gasteiger partial charge in [-0.15, -0.1) is 0 Å². The minimum atomic E-state index is -1.55. The summed E-state index contributed by atoms with van der Waals surface area (Å²) in [5, 5.41) is 3.10. The van der Waals surface area contributed by atoms with Crippen LogP contribution in [0.2, 0.25) is 0 Å². The highest BCUT2D eigenvalue weighted by atomic mass is 19.2. The van der Waals surface area contributed by atoms with Crippen LogP contribution in [-0.2, 0) is 0 Å². The molecule has 2 aliphatic heterocycles. The molecule has 0 radical (unpaired) electrons. The molecule has 0 atom stereocenters. The van der Waals surface area contributed by atoms with E-state index in [1.165, 1.54) is 12.4 Å². The predicted octanol–water partition coefficient (Wildman–Crippen LogP) is 4.40. The Bertz CT molecular complexity index is 1380. The lowest BCUT2D eigenvalue weighted by Gasteiger charge is -2.42. The summed E-state index contributed by atoms with van der Waals surface area (Å²) in [5.41, 5.74) is 0.966. The van der Waals surface area contributed by atoms with Gasteiger partial charge in [0, 0.05) is 75.5 Å². The second-order valence-corrected chi connectivity index (χ2v) is 9.96. The van der Waals surface area contributed by atoms with Gasteiger partial charge in [-0.25, -0.2) is 27.5 Å². The minimum absolute atomic E-state index is 0.137. The summed E-state index contributed by atoms with van der Waals surface area (Å²) < 4.78 is 60.1. The zero-order valence-electron chi connectivity index (χ0n) is 22.4. The van der Waals surface area contributed by atoms with E-state index in [0.717, 1.165) is 63.5 Å². The Morgan fingerprint density at radius 3 is 2.15 bits per heavy atom. The molecule has 3 aromatic rings. The number of ether oxygens (including phenoxy) is 1. The number of aromatic nitrogens is 2. The molecule has 3 heterocycles. The molecule has 40 heavy (non-hydrogen) atoms. The van der Waals surface area contributed by atoms with Gasteiger partial charge >= 0.3 is 0 Å². The highest BCUT2D eigenvalue weighted by Gasteiger charge is 2.27. The summed E-state index contributed by atoms with van der Waals surface area (Å²) in [6, 6.07) is 6.57. The van der Waals surface area contributed by atoms with Gasteiger partial charge in [-0.1, -0.05) is 11.8 Å². The summed E-state index contributed by atoms with van der Waals surface area (Å²) in [6.07, 6.45) is 4.90. The molecular formula is C29H30F4N6O. The van der Waals surface area contributed by atoms with Gasteiger partial charge in [0.05, 0.1) is 18.4 Å². The van der Waals surface area contributed by atoms with E-state index in [9.17, 15) is 17.6 Å². The number of halogens is 4. The number of hydrogen-bond acceptors (Lipinski definition) is 7. The molecule has 0 spiro atoms. The summed E-state index contributed by atoms with van der Waals surface area (Å²) in [4.78, 5) is 15.7. The van der Waals surface area contributed by atoms with Crippen LogP contribution in [0.15, 0.2) is 36.7 Å². The summed E-state index contributed by atoms with van der Waals surface area (Å²) >= 11 is 0. The maximum atomic E-state index is 13.8. The number of rotatable bonds is 5. The van der Waals surface area contributed by atoms with Crippen molar-refractivity contribution in [2.75, 3.05) is 63.6 Å². The van der Waals surface area contributed by atoms with Crippen LogP contribution >= 0.6 is 0 Å². The molecule has 2 fully saturated rings. The second-order valence-electron chi connectivity index (χ2n) is 9.96. The molecule has 2 aromatic carbocycles. The number of anilines is 3. The molecule has 5 rings (SSSR count). The zero-order chi connectivity index (χ0) is 28.2. The fourth-order valence-electron chi connectivity index (χ4n) is 5.08. The lowest BCUT2D eigenvalue weighted by molar-refractivity contribution is 0.0981. The van der Waals surface area contributed by atoms with Crippen LogP contribution in [0, 0.1) is 35.1 Å². The standard InChI is InChI=1S/C29H30F4N6O/c1-37-11-13-38(14-12-37)21-7-9-39(10-8-21)25-6-4-20(15-26(25)40-2)36-29-34-17-19(18-35-29)3-5-22-27(32)23(30)16-24(31)28(22)33/h4,6,15-18,21H,7-14H2,1-2H3,(H,34,35,36). The fraction of sp³-hybridized carbons (Fsp3) is 0.379. The van der Waals surface area contributed by atoms with Crippen molar-refractivity contribution in [3.05, 3.63) is 71.1 Å². The molecule has 0 amide bonds. The van der Waals surface area contributed by atoms with Crippen LogP contribution < -0.4 is 15.0 Å². The molecule has 210 valence electrons. The van der Waals surface area contributed by atoms with E-state index in [2.05, 4.69) is 48.9 Å². The minimum Gasteiger partial charge on any atom is -0.495 e. The Balaban J connectivity index is 1.22. The average Bonchev–Trinajstić information content (AvgIpc) is 2.97. The molecule has 2 aliphatic rings. The van der Waals surface area contributed by atoms with Crippen molar-refractivity contribution in [2.24, 2.45) is 0 Å². The fourth-order valence-corrected chi connectivity index (χ4v) is 5.08. The molecule has 1 N–H and O–H groups in total. The SMILES string of the molecule is COc1cc(Nc2ncc(C#Cc3c(F)c(F)cc(F)c3F)cn2)ccc1N1CCC(N2CCN(C)CC2)CC1. The molecule has 11 heteroatoms. The van der Waals surface area contributed by atoms with Crippen LogP contribution in [0.1, 0.15) is 24.0 Å². The molecule has 1 aromatic heterocycles. The Morgan fingerprint density at radius 2 is 1.52 bits per heavy atom. The number of methoxy groups -OCH3 is 1. The number of likely N-dealkylation sites (N-methyl/N-ethyl adjacent to an activating group) is 1. The molecule has 0 aliphatic carbocycles. The van der Waals surface area contributed by atoms with Crippen molar-refractivity contribution in [3.63, 3.8) is 0 Å². The maximum absolute atomic E-state index is 13.8. The van der Waals surface area contributed by atoms with Crippen LogP contribution in [-0.4, -0.2) is 79.2 Å². The Morgan fingerprint density at radius 1 is 0.875 bits per heavy atom. The van der Waals surface area contributed by atoms with Crippen molar-refractivity contribution < 1.29 is 22.3 Å². The van der Waals surface area contributed by atoms with Gasteiger partial charge in [-0.2, -0.15) is 0 Å². The Kier molecular flexibility index (Phi) is 8.38. The third-order valence-electron chi connectivity index (χ3n) is 7.39. The van der Waals surface area contributed by atoms with E-state index in [-0.39, 0.29) is 17.6 Å². The number of nitrogens with one attached hydrogen (secondary N) is 1. The monoisotopic (exact) mass is 554 g/mol. The van der Waals surface area contributed by atoms with Gasteiger partial charge in [-0.05, 0) is 32.0 Å². The predicted molar refractivity (Wildman–Crippen MR) is 145 cm³/mol. The first kappa shape index (κ1) is 27.7. The van der Waals surface area contributed by atoms with Crippen molar-refractivity contribution in [3.8, 4) is 17.6 Å². The molecule has 0 unspecified atom stereocenters. The van der Waals surface area contributed by atoms with E-state index in [4.69, 9.17) is 4.74 Å². The normalized spacial score (nSPS) is 16.9. The quantitative estimate of drug-likeness (QED) is 0.285. The summed E-state index contributed by atoms with van der Waals surface area (Å²) in [7, 11) is 3.81. The number of benzene rings is 2. The van der Waals surface area contributed by atoms with E-state index >= 15 is 0 Å². The van der Waals surface area contributed by atoms with Gasteiger partial charge in [-0.3, -0.25) is 4.90 Å². The topological polar surface area (TPSA) is 56.8 Å². The van der Waals surface area contributed by atoms with Crippen LogP contribution in [0.4, 0.5) is 34.9 Å². The van der Waals surface area contributed by atoms with Crippen LogP contribution in [0.5, 0.6) is 5.75 Å². The van der Waals surface area contributed by atoms with Gasteiger partial charge < -0.3 is 19.9 Å². The van der Waals surface area contributed by atoms with Crippen molar-refractivity contribution in [1.29, 1.82) is 0 Å². The molecular weight excluding hydrogens is 524 g/mol. The maximum Gasteiger partial charge on any atom is 0.227 e. The van der Waals surface area contributed by atoms with E-state index in [1.54, 1.807) is 7.11 Å².